The van der Waals surface area contributed by atoms with Gasteiger partial charge in [-0.15, -0.1) is 11.8 Å². The summed E-state index contributed by atoms with van der Waals surface area (Å²) in [6.07, 6.45) is 1.11. The van der Waals surface area contributed by atoms with Gasteiger partial charge in [0, 0.05) is 6.07 Å². The molecule has 0 radical (unpaired) electrons. The number of rotatable bonds is 5. The van der Waals surface area contributed by atoms with Crippen molar-refractivity contribution in [1.82, 2.24) is 4.90 Å². The highest BCUT2D eigenvalue weighted by Gasteiger charge is 2.40. The number of nitrogens with one attached hydrogen (secondary N) is 1. The Balaban J connectivity index is 2.10. The van der Waals surface area contributed by atoms with Gasteiger partial charge in [0.1, 0.15) is 18.2 Å². The first-order chi connectivity index (χ1) is 11.4. The number of halogens is 2. The van der Waals surface area contributed by atoms with Gasteiger partial charge in [0.25, 0.3) is 0 Å². The Morgan fingerprint density at radius 1 is 1.17 bits per heavy atom. The van der Waals surface area contributed by atoms with Crippen LogP contribution in [0, 0.1) is 11.6 Å². The molecule has 0 unspecified atom stereocenters. The van der Waals surface area contributed by atoms with Crippen molar-refractivity contribution in [2.75, 3.05) is 11.9 Å². The first-order valence-corrected chi connectivity index (χ1v) is 8.57. The van der Waals surface area contributed by atoms with E-state index in [1.165, 1.54) is 11.8 Å². The van der Waals surface area contributed by atoms with Gasteiger partial charge < -0.3 is 5.32 Å². The molecule has 1 saturated heterocycles. The van der Waals surface area contributed by atoms with E-state index in [1.54, 1.807) is 0 Å². The lowest BCUT2D eigenvalue weighted by Crippen LogP contribution is -2.53. The lowest BCUT2D eigenvalue weighted by molar-refractivity contribution is -0.147. The molecule has 3 amide bonds. The fourth-order valence-corrected chi connectivity index (χ4v) is 3.66. The van der Waals surface area contributed by atoms with E-state index in [9.17, 15) is 23.2 Å². The molecule has 1 heterocycles. The quantitative estimate of drug-likeness (QED) is 0.824. The standard InChI is InChI=1S/C16H18F2N2O3S/c1-3-12-15(22)20(16(23)13(4-2)24-12)8-14(21)19-11-6-5-9(17)7-10(11)18/h5-7,12-13H,3-4,8H2,1-2H3,(H,19,21)/t12-,13-/m0/s1. The first kappa shape index (κ1) is 18.4. The van der Waals surface area contributed by atoms with Crippen molar-refractivity contribution >= 4 is 35.2 Å². The lowest BCUT2D eigenvalue weighted by Gasteiger charge is -2.34. The second-order valence-corrected chi connectivity index (χ2v) is 6.78. The molecule has 0 bridgehead atoms. The normalized spacial score (nSPS) is 21.1. The number of amides is 3. The van der Waals surface area contributed by atoms with Crippen molar-refractivity contribution in [3.8, 4) is 0 Å². The average molecular weight is 356 g/mol. The molecule has 8 heteroatoms. The van der Waals surface area contributed by atoms with Crippen LogP contribution in [0.25, 0.3) is 0 Å². The topological polar surface area (TPSA) is 66.5 Å². The maximum absolute atomic E-state index is 13.6. The molecule has 0 aliphatic carbocycles. The minimum atomic E-state index is -0.923. The number of anilines is 1. The Morgan fingerprint density at radius 2 is 1.75 bits per heavy atom. The molecule has 0 aromatic heterocycles. The largest absolute Gasteiger partial charge is 0.322 e. The number of carbonyl (C=O) groups is 3. The van der Waals surface area contributed by atoms with Crippen LogP contribution in [-0.2, 0) is 14.4 Å². The molecule has 5 nitrogen and oxygen atoms in total. The van der Waals surface area contributed by atoms with Crippen molar-refractivity contribution < 1.29 is 23.2 Å². The van der Waals surface area contributed by atoms with Crippen molar-refractivity contribution in [2.24, 2.45) is 0 Å². The lowest BCUT2D eigenvalue weighted by atomic mass is 10.2. The summed E-state index contributed by atoms with van der Waals surface area (Å²) in [6, 6.07) is 2.73. The van der Waals surface area contributed by atoms with Crippen LogP contribution in [0.3, 0.4) is 0 Å². The van der Waals surface area contributed by atoms with E-state index < -0.39 is 35.9 Å². The van der Waals surface area contributed by atoms with E-state index in [1.807, 2.05) is 13.8 Å². The summed E-state index contributed by atoms with van der Waals surface area (Å²) < 4.78 is 26.4. The van der Waals surface area contributed by atoms with Gasteiger partial charge in [0.2, 0.25) is 17.7 Å². The van der Waals surface area contributed by atoms with Crippen LogP contribution in [0.15, 0.2) is 18.2 Å². The maximum Gasteiger partial charge on any atom is 0.244 e. The third-order valence-corrected chi connectivity index (χ3v) is 5.39. The highest BCUT2D eigenvalue weighted by molar-refractivity contribution is 8.02. The summed E-state index contributed by atoms with van der Waals surface area (Å²) >= 11 is 1.31. The van der Waals surface area contributed by atoms with Gasteiger partial charge in [-0.3, -0.25) is 19.3 Å². The van der Waals surface area contributed by atoms with Crippen LogP contribution < -0.4 is 5.32 Å². The van der Waals surface area contributed by atoms with Gasteiger partial charge in [0.05, 0.1) is 16.2 Å². The molecular formula is C16H18F2N2O3S. The minimum absolute atomic E-state index is 0.202. The number of carbonyl (C=O) groups excluding carboxylic acids is 3. The molecule has 1 aromatic rings. The summed E-state index contributed by atoms with van der Waals surface area (Å²) in [5.74, 6) is -3.22. The average Bonchev–Trinajstić information content (AvgIpc) is 2.54. The Bertz CT molecular complexity index is 647. The van der Waals surface area contributed by atoms with Crippen molar-refractivity contribution in [3.63, 3.8) is 0 Å². The summed E-state index contributed by atoms with van der Waals surface area (Å²) in [7, 11) is 0. The summed E-state index contributed by atoms with van der Waals surface area (Å²) in [5.41, 5.74) is -0.202. The molecule has 24 heavy (non-hydrogen) atoms. The molecule has 2 rings (SSSR count). The highest BCUT2D eigenvalue weighted by Crippen LogP contribution is 2.31. The van der Waals surface area contributed by atoms with Crippen molar-refractivity contribution in [2.45, 2.75) is 37.2 Å². The molecule has 1 N–H and O–H groups in total. The number of nitrogens with zero attached hydrogens (tertiary/aromatic N) is 1. The van der Waals surface area contributed by atoms with Gasteiger partial charge in [-0.05, 0) is 25.0 Å². The Labute approximate surface area is 142 Å². The second kappa shape index (κ2) is 7.74. The molecule has 0 spiro atoms. The number of hydrogen-bond donors (Lipinski definition) is 1. The Morgan fingerprint density at radius 3 is 2.25 bits per heavy atom. The van der Waals surface area contributed by atoms with Gasteiger partial charge >= 0.3 is 0 Å². The third-order valence-electron chi connectivity index (χ3n) is 3.66. The third kappa shape index (κ3) is 3.92. The number of hydrogen-bond acceptors (Lipinski definition) is 4. The minimum Gasteiger partial charge on any atom is -0.322 e. The highest BCUT2D eigenvalue weighted by atomic mass is 32.2. The molecule has 2 atom stereocenters. The van der Waals surface area contributed by atoms with E-state index in [-0.39, 0.29) is 16.2 Å². The molecular weight excluding hydrogens is 338 g/mol. The van der Waals surface area contributed by atoms with Gasteiger partial charge in [-0.1, -0.05) is 13.8 Å². The van der Waals surface area contributed by atoms with E-state index in [4.69, 9.17) is 0 Å². The molecule has 1 aromatic carbocycles. The Kier molecular flexibility index (Phi) is 5.93. The predicted octanol–water partition coefficient (Wildman–Crippen LogP) is 2.56. The predicted molar refractivity (Wildman–Crippen MR) is 87.5 cm³/mol. The first-order valence-electron chi connectivity index (χ1n) is 7.62. The smallest absolute Gasteiger partial charge is 0.244 e. The van der Waals surface area contributed by atoms with Gasteiger partial charge in [-0.2, -0.15) is 0 Å². The van der Waals surface area contributed by atoms with Crippen molar-refractivity contribution in [3.05, 3.63) is 29.8 Å². The molecule has 1 fully saturated rings. The van der Waals surface area contributed by atoms with E-state index in [0.717, 1.165) is 17.0 Å². The molecule has 0 saturated carbocycles. The zero-order chi connectivity index (χ0) is 17.9. The Hall–Kier alpha value is -1.96. The van der Waals surface area contributed by atoms with Crippen LogP contribution in [0.4, 0.5) is 14.5 Å². The van der Waals surface area contributed by atoms with Crippen LogP contribution >= 0.6 is 11.8 Å². The van der Waals surface area contributed by atoms with E-state index in [2.05, 4.69) is 5.32 Å². The van der Waals surface area contributed by atoms with Crippen LogP contribution in [0.1, 0.15) is 26.7 Å². The number of imide groups is 1. The molecule has 1 aliphatic rings. The summed E-state index contributed by atoms with van der Waals surface area (Å²) in [5, 5.41) is 1.51. The zero-order valence-electron chi connectivity index (χ0n) is 13.3. The van der Waals surface area contributed by atoms with E-state index >= 15 is 0 Å². The zero-order valence-corrected chi connectivity index (χ0v) is 14.2. The SMILES string of the molecule is CC[C@@H]1S[C@@H](CC)C(=O)N(CC(=O)Nc2ccc(F)cc2F)C1=O. The maximum atomic E-state index is 13.6. The van der Waals surface area contributed by atoms with Crippen LogP contribution in [0.2, 0.25) is 0 Å². The van der Waals surface area contributed by atoms with Crippen molar-refractivity contribution in [1.29, 1.82) is 0 Å². The van der Waals surface area contributed by atoms with Crippen LogP contribution in [0.5, 0.6) is 0 Å². The summed E-state index contributed by atoms with van der Waals surface area (Å²) in [6.45, 7) is 3.19. The monoisotopic (exact) mass is 356 g/mol. The number of thioether (sulfide) groups is 1. The fourth-order valence-electron chi connectivity index (χ4n) is 2.39. The second-order valence-electron chi connectivity index (χ2n) is 5.36. The van der Waals surface area contributed by atoms with Crippen LogP contribution in [-0.4, -0.2) is 39.7 Å². The summed E-state index contributed by atoms with van der Waals surface area (Å²) in [4.78, 5) is 37.6. The molecule has 130 valence electrons. The van der Waals surface area contributed by atoms with Gasteiger partial charge in [0.15, 0.2) is 0 Å². The number of benzene rings is 1. The fraction of sp³-hybridized carbons (Fsp3) is 0.438. The molecule has 1 aliphatic heterocycles. The van der Waals surface area contributed by atoms with E-state index in [0.29, 0.717) is 18.9 Å². The van der Waals surface area contributed by atoms with Gasteiger partial charge in [-0.25, -0.2) is 8.78 Å².